The van der Waals surface area contributed by atoms with Crippen LogP contribution in [0.2, 0.25) is 10.0 Å². The molecular weight excluding hydrogens is 467 g/mol. The van der Waals surface area contributed by atoms with E-state index >= 15 is 0 Å². The zero-order valence-corrected chi connectivity index (χ0v) is 20.3. The SMILES string of the molecule is CCc1[nH]n(-c2ccc(Cl)c(Cl)c2)c(=O)c1C1=C(N2CCOCC2)C(=O)N(CC(C)C)C1=O. The normalized spacial score (nSPS) is 17.2. The van der Waals surface area contributed by atoms with Crippen LogP contribution in [0.5, 0.6) is 0 Å². The van der Waals surface area contributed by atoms with E-state index in [-0.39, 0.29) is 35.2 Å². The number of benzene rings is 1. The van der Waals surface area contributed by atoms with E-state index in [0.29, 0.717) is 54.2 Å². The summed E-state index contributed by atoms with van der Waals surface area (Å²) >= 11 is 12.2. The molecule has 0 unspecified atom stereocenters. The summed E-state index contributed by atoms with van der Waals surface area (Å²) in [5, 5.41) is 3.77. The van der Waals surface area contributed by atoms with Gasteiger partial charge in [0.05, 0.1) is 40.1 Å². The monoisotopic (exact) mass is 492 g/mol. The van der Waals surface area contributed by atoms with E-state index in [9.17, 15) is 14.4 Å². The number of ether oxygens (including phenoxy) is 1. The summed E-state index contributed by atoms with van der Waals surface area (Å²) < 4.78 is 6.77. The van der Waals surface area contributed by atoms with Crippen LogP contribution in [0.3, 0.4) is 0 Å². The molecule has 0 spiro atoms. The number of H-pyrrole nitrogens is 1. The van der Waals surface area contributed by atoms with Crippen molar-refractivity contribution in [2.75, 3.05) is 32.8 Å². The first-order valence-corrected chi connectivity index (χ1v) is 11.7. The number of nitrogens with one attached hydrogen (secondary N) is 1. The predicted octanol–water partition coefficient (Wildman–Crippen LogP) is 3.10. The standard InChI is InChI=1S/C23H26Cl2N4O4/c1-4-17-18(22(31)29(26-17)14-5-6-15(24)16(25)11-14)19-20(27-7-9-33-10-8-27)23(32)28(21(19)30)12-13(2)3/h5-6,11,13,26H,4,7-10,12H2,1-3H3. The molecule has 0 bridgehead atoms. The number of aromatic amines is 1. The Balaban J connectivity index is 1.91. The Hall–Kier alpha value is -2.55. The highest BCUT2D eigenvalue weighted by Gasteiger charge is 2.44. The molecule has 2 aliphatic heterocycles. The van der Waals surface area contributed by atoms with E-state index in [1.54, 1.807) is 18.2 Å². The highest BCUT2D eigenvalue weighted by molar-refractivity contribution is 6.42. The number of morpholine rings is 1. The van der Waals surface area contributed by atoms with Crippen molar-refractivity contribution in [3.8, 4) is 5.69 Å². The molecule has 2 aliphatic rings. The second-order valence-electron chi connectivity index (χ2n) is 8.50. The third kappa shape index (κ3) is 4.23. The summed E-state index contributed by atoms with van der Waals surface area (Å²) in [6, 6.07) is 4.85. The third-order valence-electron chi connectivity index (χ3n) is 5.75. The second-order valence-corrected chi connectivity index (χ2v) is 9.31. The quantitative estimate of drug-likeness (QED) is 0.625. The van der Waals surface area contributed by atoms with E-state index in [2.05, 4.69) is 5.10 Å². The van der Waals surface area contributed by atoms with Crippen molar-refractivity contribution in [2.24, 2.45) is 5.92 Å². The Labute approximate surface area is 201 Å². The van der Waals surface area contributed by atoms with Gasteiger partial charge in [-0.2, -0.15) is 0 Å². The number of hydrogen-bond donors (Lipinski definition) is 1. The van der Waals surface area contributed by atoms with Gasteiger partial charge in [0.1, 0.15) is 5.70 Å². The summed E-state index contributed by atoms with van der Waals surface area (Å²) in [6.07, 6.45) is 0.463. The van der Waals surface area contributed by atoms with E-state index < -0.39 is 11.5 Å². The summed E-state index contributed by atoms with van der Waals surface area (Å²) in [6.45, 7) is 7.89. The van der Waals surface area contributed by atoms with Gasteiger partial charge in [0.15, 0.2) is 0 Å². The molecule has 4 rings (SSSR count). The molecule has 1 N–H and O–H groups in total. The van der Waals surface area contributed by atoms with Crippen molar-refractivity contribution in [1.82, 2.24) is 19.6 Å². The third-order valence-corrected chi connectivity index (χ3v) is 6.49. The Morgan fingerprint density at radius 1 is 1.06 bits per heavy atom. The lowest BCUT2D eigenvalue weighted by Crippen LogP contribution is -2.41. The van der Waals surface area contributed by atoms with Gasteiger partial charge in [-0.3, -0.25) is 24.4 Å². The van der Waals surface area contributed by atoms with Crippen molar-refractivity contribution in [2.45, 2.75) is 27.2 Å². The smallest absolute Gasteiger partial charge is 0.279 e. The Morgan fingerprint density at radius 3 is 2.36 bits per heavy atom. The molecule has 1 fully saturated rings. The molecule has 0 saturated carbocycles. The van der Waals surface area contributed by atoms with Gasteiger partial charge in [0, 0.05) is 25.3 Å². The van der Waals surface area contributed by atoms with Crippen LogP contribution in [0.4, 0.5) is 0 Å². The van der Waals surface area contributed by atoms with Crippen molar-refractivity contribution in [1.29, 1.82) is 0 Å². The number of nitrogens with zero attached hydrogens (tertiary/aromatic N) is 3. The highest BCUT2D eigenvalue weighted by atomic mass is 35.5. The largest absolute Gasteiger partial charge is 0.378 e. The maximum atomic E-state index is 13.6. The number of carbonyl (C=O) groups excluding carboxylic acids is 2. The average molecular weight is 493 g/mol. The minimum atomic E-state index is -0.442. The molecule has 0 aliphatic carbocycles. The molecule has 2 amide bonds. The molecule has 10 heteroatoms. The van der Waals surface area contributed by atoms with E-state index in [4.69, 9.17) is 27.9 Å². The number of hydrogen-bond acceptors (Lipinski definition) is 5. The van der Waals surface area contributed by atoms with Gasteiger partial charge in [-0.1, -0.05) is 44.0 Å². The minimum Gasteiger partial charge on any atom is -0.378 e. The molecule has 1 aromatic carbocycles. The second kappa shape index (κ2) is 9.37. The predicted molar refractivity (Wildman–Crippen MR) is 127 cm³/mol. The van der Waals surface area contributed by atoms with E-state index in [0.717, 1.165) is 0 Å². The Kier molecular flexibility index (Phi) is 6.70. The fourth-order valence-corrected chi connectivity index (χ4v) is 4.49. The van der Waals surface area contributed by atoms with Gasteiger partial charge in [-0.15, -0.1) is 0 Å². The number of aromatic nitrogens is 2. The number of halogens is 2. The highest BCUT2D eigenvalue weighted by Crippen LogP contribution is 2.33. The van der Waals surface area contributed by atoms with E-state index in [1.807, 2.05) is 25.7 Å². The van der Waals surface area contributed by atoms with E-state index in [1.165, 1.54) is 9.58 Å². The number of amides is 2. The van der Waals surface area contributed by atoms with Gasteiger partial charge in [0.2, 0.25) is 0 Å². The number of carbonyl (C=O) groups is 2. The molecule has 176 valence electrons. The Bertz CT molecular complexity index is 1190. The lowest BCUT2D eigenvalue weighted by Gasteiger charge is -2.29. The first kappa shape index (κ1) is 23.6. The van der Waals surface area contributed by atoms with Gasteiger partial charge < -0.3 is 9.64 Å². The zero-order chi connectivity index (χ0) is 23.9. The van der Waals surface area contributed by atoms with Crippen molar-refractivity contribution < 1.29 is 14.3 Å². The van der Waals surface area contributed by atoms with Crippen LogP contribution in [0.25, 0.3) is 11.3 Å². The van der Waals surface area contributed by atoms with Crippen LogP contribution in [0, 0.1) is 5.92 Å². The van der Waals surface area contributed by atoms with Crippen LogP contribution in [-0.2, 0) is 20.7 Å². The van der Waals surface area contributed by atoms with Gasteiger partial charge in [0.25, 0.3) is 17.4 Å². The topological polar surface area (TPSA) is 87.6 Å². The molecule has 0 atom stereocenters. The first-order chi connectivity index (χ1) is 15.7. The van der Waals surface area contributed by atoms with Crippen LogP contribution in [0.1, 0.15) is 32.0 Å². The van der Waals surface area contributed by atoms with Gasteiger partial charge >= 0.3 is 0 Å². The van der Waals surface area contributed by atoms with Crippen LogP contribution < -0.4 is 5.56 Å². The Morgan fingerprint density at radius 2 is 1.76 bits per heavy atom. The van der Waals surface area contributed by atoms with Crippen LogP contribution in [-0.4, -0.2) is 64.2 Å². The summed E-state index contributed by atoms with van der Waals surface area (Å²) in [5.41, 5.74) is 1.28. The van der Waals surface area contributed by atoms with Crippen LogP contribution >= 0.6 is 23.2 Å². The number of aryl methyl sites for hydroxylation is 1. The fourth-order valence-electron chi connectivity index (χ4n) is 4.20. The van der Waals surface area contributed by atoms with Gasteiger partial charge in [-0.05, 0) is 30.5 Å². The maximum Gasteiger partial charge on any atom is 0.279 e. The minimum absolute atomic E-state index is 0.0907. The molecule has 1 saturated heterocycles. The molecule has 0 radical (unpaired) electrons. The number of rotatable bonds is 6. The lowest BCUT2D eigenvalue weighted by atomic mass is 10.0. The average Bonchev–Trinajstić information content (AvgIpc) is 3.24. The maximum absolute atomic E-state index is 13.6. The summed E-state index contributed by atoms with van der Waals surface area (Å²) in [4.78, 5) is 43.7. The zero-order valence-electron chi connectivity index (χ0n) is 18.8. The first-order valence-electron chi connectivity index (χ1n) is 11.0. The van der Waals surface area contributed by atoms with Crippen LogP contribution in [0.15, 0.2) is 28.7 Å². The molecule has 8 nitrogen and oxygen atoms in total. The molecule has 2 aromatic rings. The number of imide groups is 1. The van der Waals surface area contributed by atoms with Gasteiger partial charge in [-0.25, -0.2) is 4.68 Å². The molecule has 1 aromatic heterocycles. The van der Waals surface area contributed by atoms with Crippen molar-refractivity contribution in [3.05, 3.63) is 55.6 Å². The fraction of sp³-hybridized carbons (Fsp3) is 0.435. The molecule has 3 heterocycles. The molecule has 33 heavy (non-hydrogen) atoms. The summed E-state index contributed by atoms with van der Waals surface area (Å²) in [5.74, 6) is -0.718. The van der Waals surface area contributed by atoms with Crippen molar-refractivity contribution >= 4 is 40.6 Å². The summed E-state index contributed by atoms with van der Waals surface area (Å²) in [7, 11) is 0. The molecular formula is C23H26Cl2N4O4. The van der Waals surface area contributed by atoms with Crippen molar-refractivity contribution in [3.63, 3.8) is 0 Å². The lowest BCUT2D eigenvalue weighted by molar-refractivity contribution is -0.138.